The molecule has 0 aliphatic carbocycles. The fraction of sp³-hybridized carbons (Fsp3) is 0.316. The van der Waals surface area contributed by atoms with Crippen molar-refractivity contribution in [3.8, 4) is 5.75 Å². The van der Waals surface area contributed by atoms with E-state index in [2.05, 4.69) is 34.9 Å². The van der Waals surface area contributed by atoms with E-state index in [1.807, 2.05) is 24.3 Å². The third-order valence-corrected chi connectivity index (χ3v) is 4.40. The van der Waals surface area contributed by atoms with E-state index in [1.54, 1.807) is 12.0 Å². The quantitative estimate of drug-likeness (QED) is 0.713. The summed E-state index contributed by atoms with van der Waals surface area (Å²) in [5, 5.41) is 6.93. The molecular weight excluding hydrogens is 334 g/mol. The molecule has 1 fully saturated rings. The Kier molecular flexibility index (Phi) is 6.22. The van der Waals surface area contributed by atoms with Crippen LogP contribution in [0.1, 0.15) is 5.56 Å². The predicted octanol–water partition coefficient (Wildman–Crippen LogP) is 1.92. The van der Waals surface area contributed by atoms with Crippen molar-refractivity contribution < 1.29 is 14.4 Å². The highest BCUT2D eigenvalue weighted by Crippen LogP contribution is 2.17. The van der Waals surface area contributed by atoms with Crippen LogP contribution in [-0.2, 0) is 11.3 Å². The lowest BCUT2D eigenvalue weighted by Gasteiger charge is -2.23. The van der Waals surface area contributed by atoms with Gasteiger partial charge in [-0.1, -0.05) is 18.2 Å². The van der Waals surface area contributed by atoms with E-state index in [1.165, 1.54) is 5.56 Å². The predicted molar refractivity (Wildman–Crippen MR) is 104 cm³/mol. The highest BCUT2D eigenvalue weighted by Gasteiger charge is 2.13. The molecule has 1 heterocycles. The lowest BCUT2D eigenvalue weighted by molar-refractivity contribution is -0.921. The van der Waals surface area contributed by atoms with Crippen molar-refractivity contribution in [2.24, 2.45) is 0 Å². The maximum absolute atomic E-state index is 5.40. The van der Waals surface area contributed by atoms with Crippen LogP contribution in [0.15, 0.2) is 48.5 Å². The summed E-state index contributed by atoms with van der Waals surface area (Å²) in [6.07, 6.45) is 0. The molecule has 1 aliphatic heterocycles. The molecular formula is C19H24N3O2S+. The van der Waals surface area contributed by atoms with Crippen LogP contribution in [0.25, 0.3) is 0 Å². The number of hydrogen-bond acceptors (Lipinski definition) is 3. The van der Waals surface area contributed by atoms with Gasteiger partial charge in [-0.05, 0) is 36.5 Å². The molecule has 25 heavy (non-hydrogen) atoms. The Morgan fingerprint density at radius 2 is 1.80 bits per heavy atom. The average molecular weight is 358 g/mol. The van der Waals surface area contributed by atoms with Crippen molar-refractivity contribution in [3.05, 3.63) is 54.1 Å². The molecule has 0 radical (unpaired) electrons. The van der Waals surface area contributed by atoms with Crippen molar-refractivity contribution in [1.82, 2.24) is 0 Å². The van der Waals surface area contributed by atoms with Gasteiger partial charge in [-0.2, -0.15) is 0 Å². The van der Waals surface area contributed by atoms with Crippen LogP contribution < -0.4 is 20.3 Å². The molecule has 6 heteroatoms. The number of nitrogens with one attached hydrogen (secondary N) is 3. The minimum Gasteiger partial charge on any atom is -0.497 e. The van der Waals surface area contributed by atoms with Crippen LogP contribution in [0.5, 0.6) is 5.75 Å². The zero-order valence-corrected chi connectivity index (χ0v) is 15.2. The molecule has 3 rings (SSSR count). The van der Waals surface area contributed by atoms with E-state index < -0.39 is 0 Å². The third kappa shape index (κ3) is 5.42. The van der Waals surface area contributed by atoms with E-state index in [4.69, 9.17) is 21.7 Å². The number of ether oxygens (including phenoxy) is 2. The van der Waals surface area contributed by atoms with Gasteiger partial charge < -0.3 is 25.0 Å². The Labute approximate surface area is 153 Å². The molecule has 0 amide bonds. The molecule has 2 aromatic rings. The Morgan fingerprint density at radius 1 is 1.08 bits per heavy atom. The number of morpholine rings is 1. The van der Waals surface area contributed by atoms with Crippen molar-refractivity contribution >= 4 is 28.7 Å². The number of benzene rings is 2. The summed E-state index contributed by atoms with van der Waals surface area (Å²) in [6, 6.07) is 16.1. The minimum absolute atomic E-state index is 0.555. The molecule has 5 nitrogen and oxygen atoms in total. The standard InChI is InChI=1S/C19H23N3O2S/c1-23-18-4-2-3-17(13-18)21-19(25)20-16-7-5-15(6-8-16)14-22-9-11-24-12-10-22/h2-8,13H,9-12,14H2,1H3,(H2,20,21,25)/p+1. The van der Waals surface area contributed by atoms with Gasteiger partial charge in [0.25, 0.3) is 0 Å². The fourth-order valence-electron chi connectivity index (χ4n) is 2.83. The van der Waals surface area contributed by atoms with Gasteiger partial charge in [0.1, 0.15) is 25.4 Å². The van der Waals surface area contributed by atoms with Gasteiger partial charge in [0.15, 0.2) is 5.11 Å². The highest BCUT2D eigenvalue weighted by atomic mass is 32.1. The lowest BCUT2D eigenvalue weighted by Crippen LogP contribution is -3.12. The van der Waals surface area contributed by atoms with Crippen molar-refractivity contribution in [2.45, 2.75) is 6.54 Å². The van der Waals surface area contributed by atoms with Gasteiger partial charge >= 0.3 is 0 Å². The third-order valence-electron chi connectivity index (χ3n) is 4.19. The Bertz CT molecular complexity index is 700. The van der Waals surface area contributed by atoms with Crippen LogP contribution in [0.4, 0.5) is 11.4 Å². The van der Waals surface area contributed by atoms with E-state index >= 15 is 0 Å². The summed E-state index contributed by atoms with van der Waals surface area (Å²) in [5.41, 5.74) is 3.19. The molecule has 0 saturated carbocycles. The second-order valence-electron chi connectivity index (χ2n) is 6.05. The zero-order chi connectivity index (χ0) is 17.5. The van der Waals surface area contributed by atoms with Crippen molar-refractivity contribution in [1.29, 1.82) is 0 Å². The maximum Gasteiger partial charge on any atom is 0.175 e. The van der Waals surface area contributed by atoms with Gasteiger partial charge in [-0.15, -0.1) is 0 Å². The van der Waals surface area contributed by atoms with E-state index in [0.29, 0.717) is 5.11 Å². The minimum atomic E-state index is 0.555. The van der Waals surface area contributed by atoms with E-state index in [0.717, 1.165) is 50.0 Å². The van der Waals surface area contributed by atoms with Gasteiger partial charge in [-0.25, -0.2) is 0 Å². The largest absolute Gasteiger partial charge is 0.497 e. The van der Waals surface area contributed by atoms with Gasteiger partial charge in [0.05, 0.1) is 20.3 Å². The van der Waals surface area contributed by atoms with Gasteiger partial charge in [0, 0.05) is 23.0 Å². The zero-order valence-electron chi connectivity index (χ0n) is 14.4. The summed E-state index contributed by atoms with van der Waals surface area (Å²) in [4.78, 5) is 1.57. The van der Waals surface area contributed by atoms with Crippen LogP contribution in [0.3, 0.4) is 0 Å². The topological polar surface area (TPSA) is 47.0 Å². The maximum atomic E-state index is 5.40. The summed E-state index contributed by atoms with van der Waals surface area (Å²) in [6.45, 7) is 4.91. The average Bonchev–Trinajstić information content (AvgIpc) is 2.64. The van der Waals surface area contributed by atoms with E-state index in [9.17, 15) is 0 Å². The SMILES string of the molecule is COc1cccc(NC(=S)Nc2ccc(C[NH+]3CCOCC3)cc2)c1. The van der Waals surface area contributed by atoms with Gasteiger partial charge in [0.2, 0.25) is 0 Å². The molecule has 0 atom stereocenters. The summed E-state index contributed by atoms with van der Waals surface area (Å²) in [5.74, 6) is 0.794. The lowest BCUT2D eigenvalue weighted by atomic mass is 10.2. The van der Waals surface area contributed by atoms with E-state index in [-0.39, 0.29) is 0 Å². The Hall–Kier alpha value is -2.15. The number of quaternary nitrogens is 1. The number of rotatable bonds is 5. The number of hydrogen-bond donors (Lipinski definition) is 3. The summed E-state index contributed by atoms with van der Waals surface area (Å²) < 4.78 is 10.6. The molecule has 0 spiro atoms. The van der Waals surface area contributed by atoms with Crippen LogP contribution in [0.2, 0.25) is 0 Å². The summed E-state index contributed by atoms with van der Waals surface area (Å²) >= 11 is 5.38. The smallest absolute Gasteiger partial charge is 0.175 e. The normalized spacial score (nSPS) is 14.8. The first-order valence-electron chi connectivity index (χ1n) is 8.45. The fourth-order valence-corrected chi connectivity index (χ4v) is 3.06. The van der Waals surface area contributed by atoms with Gasteiger partial charge in [-0.3, -0.25) is 0 Å². The second kappa shape index (κ2) is 8.80. The Balaban J connectivity index is 1.52. The first-order valence-corrected chi connectivity index (χ1v) is 8.86. The molecule has 0 unspecified atom stereocenters. The molecule has 3 N–H and O–H groups in total. The monoisotopic (exact) mass is 358 g/mol. The first kappa shape index (κ1) is 17.7. The van der Waals surface area contributed by atoms with Crippen molar-refractivity contribution in [2.75, 3.05) is 44.0 Å². The molecule has 0 bridgehead atoms. The van der Waals surface area contributed by atoms with Crippen molar-refractivity contribution in [3.63, 3.8) is 0 Å². The Morgan fingerprint density at radius 3 is 2.52 bits per heavy atom. The molecule has 0 aromatic heterocycles. The van der Waals surface area contributed by atoms with Crippen LogP contribution in [0, 0.1) is 0 Å². The number of methoxy groups -OCH3 is 1. The molecule has 2 aromatic carbocycles. The van der Waals surface area contributed by atoms with Crippen LogP contribution in [-0.4, -0.2) is 38.5 Å². The second-order valence-corrected chi connectivity index (χ2v) is 6.46. The number of anilines is 2. The first-order chi connectivity index (χ1) is 12.2. The highest BCUT2D eigenvalue weighted by molar-refractivity contribution is 7.80. The van der Waals surface area contributed by atoms with Crippen LogP contribution >= 0.6 is 12.2 Å². The molecule has 132 valence electrons. The molecule has 1 aliphatic rings. The number of thiocarbonyl (C=S) groups is 1. The molecule has 1 saturated heterocycles. The summed E-state index contributed by atoms with van der Waals surface area (Å²) in [7, 11) is 1.65.